The molecule has 0 unspecified atom stereocenters. The van der Waals surface area contributed by atoms with Crippen LogP contribution < -0.4 is 5.32 Å². The van der Waals surface area contributed by atoms with E-state index in [1.54, 1.807) is 6.33 Å². The summed E-state index contributed by atoms with van der Waals surface area (Å²) in [7, 11) is 0. The highest BCUT2D eigenvalue weighted by atomic mass is 16.2. The summed E-state index contributed by atoms with van der Waals surface area (Å²) in [6.45, 7) is 9.85. The molecular formula is C22H28N4O. The Morgan fingerprint density at radius 1 is 1.07 bits per heavy atom. The standard InChI is InChI=1S/C22H28N4O/c1-4-25(5-2)15-19-12-10-18(11-13-19)14-23-22(27)17(3)26-16-24-20-8-6-7-9-21(20)26/h6-13,16-17H,4-5,14-15H2,1-3H3,(H,23,27)/t17-/m1/s1. The summed E-state index contributed by atoms with van der Waals surface area (Å²) in [5.74, 6) is -0.00892. The normalized spacial score (nSPS) is 12.4. The third kappa shape index (κ3) is 4.55. The van der Waals surface area contributed by atoms with Gasteiger partial charge in [0.1, 0.15) is 6.04 Å². The average Bonchev–Trinajstić information content (AvgIpc) is 3.14. The summed E-state index contributed by atoms with van der Waals surface area (Å²) in [6.07, 6.45) is 1.73. The predicted molar refractivity (Wildman–Crippen MR) is 109 cm³/mol. The van der Waals surface area contributed by atoms with E-state index >= 15 is 0 Å². The summed E-state index contributed by atoms with van der Waals surface area (Å²) in [4.78, 5) is 19.3. The quantitative estimate of drug-likeness (QED) is 0.662. The molecule has 3 aromatic rings. The number of benzene rings is 2. The van der Waals surface area contributed by atoms with E-state index in [0.717, 1.165) is 36.2 Å². The van der Waals surface area contributed by atoms with Crippen molar-refractivity contribution in [2.24, 2.45) is 0 Å². The highest BCUT2D eigenvalue weighted by molar-refractivity contribution is 5.83. The van der Waals surface area contributed by atoms with Gasteiger partial charge in [0.2, 0.25) is 5.91 Å². The van der Waals surface area contributed by atoms with Crippen LogP contribution in [0.4, 0.5) is 0 Å². The average molecular weight is 364 g/mol. The van der Waals surface area contributed by atoms with Gasteiger partial charge in [0.05, 0.1) is 17.4 Å². The van der Waals surface area contributed by atoms with Crippen LogP contribution in [0.1, 0.15) is 37.9 Å². The molecule has 0 aliphatic rings. The van der Waals surface area contributed by atoms with Crippen molar-refractivity contribution in [3.05, 3.63) is 66.0 Å². The van der Waals surface area contributed by atoms with Gasteiger partial charge < -0.3 is 9.88 Å². The summed E-state index contributed by atoms with van der Waals surface area (Å²) < 4.78 is 1.91. The van der Waals surface area contributed by atoms with Crippen LogP contribution in [0, 0.1) is 0 Å². The van der Waals surface area contributed by atoms with Crippen molar-refractivity contribution in [1.29, 1.82) is 0 Å². The fourth-order valence-electron chi connectivity index (χ4n) is 3.22. The Morgan fingerprint density at radius 3 is 2.44 bits per heavy atom. The zero-order chi connectivity index (χ0) is 19.2. The van der Waals surface area contributed by atoms with Crippen molar-refractivity contribution in [2.45, 2.75) is 39.9 Å². The van der Waals surface area contributed by atoms with Crippen LogP contribution in [0.3, 0.4) is 0 Å². The number of nitrogens with one attached hydrogen (secondary N) is 1. The van der Waals surface area contributed by atoms with Crippen LogP contribution in [0.2, 0.25) is 0 Å². The lowest BCUT2D eigenvalue weighted by atomic mass is 10.1. The van der Waals surface area contributed by atoms with Gasteiger partial charge in [0.15, 0.2) is 0 Å². The third-order valence-corrected chi connectivity index (χ3v) is 5.07. The first-order valence-corrected chi connectivity index (χ1v) is 9.61. The van der Waals surface area contributed by atoms with Crippen molar-refractivity contribution >= 4 is 16.9 Å². The van der Waals surface area contributed by atoms with Gasteiger partial charge in [-0.25, -0.2) is 4.98 Å². The van der Waals surface area contributed by atoms with Crippen molar-refractivity contribution in [3.8, 4) is 0 Å². The Bertz CT molecular complexity index is 881. The molecule has 0 aliphatic carbocycles. The zero-order valence-corrected chi connectivity index (χ0v) is 16.4. The van der Waals surface area contributed by atoms with Crippen LogP contribution in [-0.2, 0) is 17.9 Å². The van der Waals surface area contributed by atoms with E-state index in [9.17, 15) is 4.79 Å². The Labute approximate surface area is 161 Å². The highest BCUT2D eigenvalue weighted by Crippen LogP contribution is 2.17. The molecule has 0 spiro atoms. The fourth-order valence-corrected chi connectivity index (χ4v) is 3.22. The number of rotatable bonds is 8. The summed E-state index contributed by atoms with van der Waals surface area (Å²) >= 11 is 0. The van der Waals surface area contributed by atoms with Gasteiger partial charge in [-0.1, -0.05) is 50.2 Å². The van der Waals surface area contributed by atoms with E-state index in [0.29, 0.717) is 6.54 Å². The number of carbonyl (C=O) groups excluding carboxylic acids is 1. The third-order valence-electron chi connectivity index (χ3n) is 5.07. The molecule has 0 saturated carbocycles. The first-order chi connectivity index (χ1) is 13.1. The maximum Gasteiger partial charge on any atom is 0.243 e. The SMILES string of the molecule is CCN(CC)Cc1ccc(CNC(=O)[C@@H](C)n2cnc3ccccc32)cc1. The minimum atomic E-state index is -0.306. The van der Waals surface area contributed by atoms with Crippen LogP contribution in [0.25, 0.3) is 11.0 Å². The second-order valence-corrected chi connectivity index (χ2v) is 6.81. The molecule has 1 N–H and O–H groups in total. The maximum atomic E-state index is 12.6. The number of nitrogens with zero attached hydrogens (tertiary/aromatic N) is 3. The lowest BCUT2D eigenvalue weighted by Crippen LogP contribution is -2.30. The van der Waals surface area contributed by atoms with E-state index in [1.165, 1.54) is 5.56 Å². The monoisotopic (exact) mass is 364 g/mol. The molecule has 0 saturated heterocycles. The molecule has 5 heteroatoms. The molecule has 3 rings (SSSR count). The van der Waals surface area contributed by atoms with Crippen LogP contribution in [0.15, 0.2) is 54.9 Å². The van der Waals surface area contributed by atoms with Gasteiger partial charge in [0.25, 0.3) is 0 Å². The molecule has 0 radical (unpaired) electrons. The van der Waals surface area contributed by atoms with Gasteiger partial charge in [-0.15, -0.1) is 0 Å². The number of carbonyl (C=O) groups is 1. The number of imidazole rings is 1. The van der Waals surface area contributed by atoms with Gasteiger partial charge in [0, 0.05) is 13.1 Å². The molecule has 1 atom stereocenters. The van der Waals surface area contributed by atoms with Crippen LogP contribution in [0.5, 0.6) is 0 Å². The molecule has 0 bridgehead atoms. The highest BCUT2D eigenvalue weighted by Gasteiger charge is 2.16. The van der Waals surface area contributed by atoms with E-state index in [1.807, 2.05) is 35.8 Å². The second-order valence-electron chi connectivity index (χ2n) is 6.81. The molecule has 1 amide bonds. The lowest BCUT2D eigenvalue weighted by Gasteiger charge is -2.18. The lowest BCUT2D eigenvalue weighted by molar-refractivity contribution is -0.123. The smallest absolute Gasteiger partial charge is 0.243 e. The summed E-state index contributed by atoms with van der Waals surface area (Å²) in [6, 6.07) is 16.0. The second kappa shape index (κ2) is 8.82. The van der Waals surface area contributed by atoms with Gasteiger partial charge >= 0.3 is 0 Å². The Morgan fingerprint density at radius 2 is 1.74 bits per heavy atom. The number of hydrogen-bond donors (Lipinski definition) is 1. The number of fused-ring (bicyclic) bond motifs is 1. The molecule has 5 nitrogen and oxygen atoms in total. The molecular weight excluding hydrogens is 336 g/mol. The molecule has 2 aromatic carbocycles. The van der Waals surface area contributed by atoms with E-state index in [2.05, 4.69) is 53.3 Å². The number of hydrogen-bond acceptors (Lipinski definition) is 3. The molecule has 0 aliphatic heterocycles. The van der Waals surface area contributed by atoms with Gasteiger partial charge in [-0.2, -0.15) is 0 Å². The van der Waals surface area contributed by atoms with Crippen molar-refractivity contribution in [3.63, 3.8) is 0 Å². The van der Waals surface area contributed by atoms with Crippen molar-refractivity contribution in [2.75, 3.05) is 13.1 Å². The predicted octanol–water partition coefficient (Wildman–Crippen LogP) is 3.76. The first kappa shape index (κ1) is 19.1. The van der Waals surface area contributed by atoms with E-state index in [-0.39, 0.29) is 11.9 Å². The van der Waals surface area contributed by atoms with Crippen LogP contribution >= 0.6 is 0 Å². The van der Waals surface area contributed by atoms with Crippen molar-refractivity contribution in [1.82, 2.24) is 19.8 Å². The van der Waals surface area contributed by atoms with E-state index in [4.69, 9.17) is 0 Å². The largest absolute Gasteiger partial charge is 0.350 e. The number of aromatic nitrogens is 2. The molecule has 1 aromatic heterocycles. The Kier molecular flexibility index (Phi) is 6.24. The molecule has 0 fully saturated rings. The first-order valence-electron chi connectivity index (χ1n) is 9.61. The zero-order valence-electron chi connectivity index (χ0n) is 16.4. The minimum Gasteiger partial charge on any atom is -0.350 e. The fraction of sp³-hybridized carbons (Fsp3) is 0.364. The number of para-hydroxylation sites is 2. The Hall–Kier alpha value is -2.66. The van der Waals surface area contributed by atoms with Crippen LogP contribution in [-0.4, -0.2) is 33.4 Å². The van der Waals surface area contributed by atoms with Gasteiger partial charge in [-0.05, 0) is 43.3 Å². The molecule has 27 heavy (non-hydrogen) atoms. The topological polar surface area (TPSA) is 50.2 Å². The molecule has 1 heterocycles. The number of amides is 1. The maximum absolute atomic E-state index is 12.6. The van der Waals surface area contributed by atoms with E-state index < -0.39 is 0 Å². The summed E-state index contributed by atoms with van der Waals surface area (Å²) in [5.41, 5.74) is 4.28. The van der Waals surface area contributed by atoms with Gasteiger partial charge in [-0.3, -0.25) is 9.69 Å². The Balaban J connectivity index is 1.58. The summed E-state index contributed by atoms with van der Waals surface area (Å²) in [5, 5.41) is 3.04. The minimum absolute atomic E-state index is 0.00892. The molecule has 142 valence electrons. The van der Waals surface area contributed by atoms with Crippen molar-refractivity contribution < 1.29 is 4.79 Å².